The van der Waals surface area contributed by atoms with Crippen LogP contribution in [0.1, 0.15) is 23.0 Å². The number of aliphatic hydroxyl groups is 1. The van der Waals surface area contributed by atoms with E-state index in [1.807, 2.05) is 19.1 Å². The van der Waals surface area contributed by atoms with Crippen LogP contribution in [0.15, 0.2) is 22.6 Å². The minimum absolute atomic E-state index is 0.339. The van der Waals surface area contributed by atoms with Crippen LogP contribution in [0, 0.1) is 13.8 Å². The first-order valence-corrected chi connectivity index (χ1v) is 4.91. The number of furan rings is 1. The number of rotatable bonds is 2. The lowest BCUT2D eigenvalue weighted by atomic mass is 10.0. The van der Waals surface area contributed by atoms with Gasteiger partial charge >= 0.3 is 5.97 Å². The Morgan fingerprint density at radius 2 is 2.06 bits per heavy atom. The van der Waals surface area contributed by atoms with Crippen LogP contribution < -0.4 is 0 Å². The van der Waals surface area contributed by atoms with Crippen LogP contribution in [0.3, 0.4) is 0 Å². The minimum Gasteiger partial charge on any atom is -0.479 e. The van der Waals surface area contributed by atoms with E-state index in [4.69, 9.17) is 9.52 Å². The number of aliphatic hydroxyl groups excluding tert-OH is 1. The molecule has 1 unspecified atom stereocenters. The van der Waals surface area contributed by atoms with Gasteiger partial charge in [-0.25, -0.2) is 4.79 Å². The zero-order valence-electron chi connectivity index (χ0n) is 9.02. The lowest BCUT2D eigenvalue weighted by Gasteiger charge is -2.04. The highest BCUT2D eigenvalue weighted by Crippen LogP contribution is 2.31. The average Bonchev–Trinajstić information content (AvgIpc) is 2.52. The van der Waals surface area contributed by atoms with Crippen molar-refractivity contribution in [1.82, 2.24) is 0 Å². The van der Waals surface area contributed by atoms with Crippen molar-refractivity contribution in [3.63, 3.8) is 0 Å². The summed E-state index contributed by atoms with van der Waals surface area (Å²) in [5.74, 6) is -0.831. The molecular weight excluding hydrogens is 208 g/mol. The first-order chi connectivity index (χ1) is 7.50. The van der Waals surface area contributed by atoms with E-state index >= 15 is 0 Å². The van der Waals surface area contributed by atoms with Gasteiger partial charge in [0.25, 0.3) is 0 Å². The van der Waals surface area contributed by atoms with Crippen molar-refractivity contribution in [2.75, 3.05) is 0 Å². The molecule has 0 saturated heterocycles. The SMILES string of the molecule is Cc1ccc2oc(C)c(C(O)C(=O)O)c2c1. The van der Waals surface area contributed by atoms with E-state index in [-0.39, 0.29) is 0 Å². The molecule has 2 aromatic rings. The van der Waals surface area contributed by atoms with Gasteiger partial charge in [-0.3, -0.25) is 0 Å². The zero-order valence-corrected chi connectivity index (χ0v) is 9.02. The Bertz CT molecular complexity index is 553. The first-order valence-electron chi connectivity index (χ1n) is 4.91. The number of carboxylic acids is 1. The molecule has 0 radical (unpaired) electrons. The van der Waals surface area contributed by atoms with Crippen molar-refractivity contribution >= 4 is 16.9 Å². The van der Waals surface area contributed by atoms with E-state index < -0.39 is 12.1 Å². The third kappa shape index (κ3) is 1.57. The highest BCUT2D eigenvalue weighted by Gasteiger charge is 2.24. The van der Waals surface area contributed by atoms with Crippen LogP contribution in [-0.4, -0.2) is 16.2 Å². The minimum atomic E-state index is -1.54. The highest BCUT2D eigenvalue weighted by molar-refractivity contribution is 5.88. The van der Waals surface area contributed by atoms with Gasteiger partial charge in [0, 0.05) is 10.9 Å². The molecule has 1 aromatic carbocycles. The van der Waals surface area contributed by atoms with Crippen molar-refractivity contribution < 1.29 is 19.4 Å². The molecule has 0 aliphatic heterocycles. The number of hydrogen-bond donors (Lipinski definition) is 2. The molecule has 1 atom stereocenters. The molecular formula is C12H12O4. The molecule has 4 nitrogen and oxygen atoms in total. The van der Waals surface area contributed by atoms with Gasteiger partial charge in [0.2, 0.25) is 0 Å². The molecule has 2 N–H and O–H groups in total. The van der Waals surface area contributed by atoms with Crippen LogP contribution in [0.5, 0.6) is 0 Å². The van der Waals surface area contributed by atoms with Crippen LogP contribution >= 0.6 is 0 Å². The molecule has 4 heteroatoms. The summed E-state index contributed by atoms with van der Waals surface area (Å²) >= 11 is 0. The molecule has 0 amide bonds. The maximum Gasteiger partial charge on any atom is 0.337 e. The molecule has 0 bridgehead atoms. The number of aliphatic carboxylic acids is 1. The third-order valence-corrected chi connectivity index (χ3v) is 2.57. The summed E-state index contributed by atoms with van der Waals surface area (Å²) in [6.45, 7) is 3.55. The van der Waals surface area contributed by atoms with Crippen molar-refractivity contribution in [1.29, 1.82) is 0 Å². The fourth-order valence-electron chi connectivity index (χ4n) is 1.82. The molecule has 0 saturated carbocycles. The maximum atomic E-state index is 10.8. The van der Waals surface area contributed by atoms with Gasteiger partial charge in [-0.05, 0) is 26.0 Å². The van der Waals surface area contributed by atoms with Gasteiger partial charge in [0.15, 0.2) is 6.10 Å². The normalized spacial score (nSPS) is 12.9. The maximum absolute atomic E-state index is 10.8. The second kappa shape index (κ2) is 3.64. The van der Waals surface area contributed by atoms with Gasteiger partial charge in [-0.2, -0.15) is 0 Å². The van der Waals surface area contributed by atoms with Crippen molar-refractivity contribution in [2.45, 2.75) is 20.0 Å². The number of carbonyl (C=O) groups is 1. The molecule has 0 aliphatic rings. The van der Waals surface area contributed by atoms with Crippen LogP contribution in [-0.2, 0) is 4.79 Å². The van der Waals surface area contributed by atoms with Crippen LogP contribution in [0.4, 0.5) is 0 Å². The molecule has 16 heavy (non-hydrogen) atoms. The lowest BCUT2D eigenvalue weighted by molar-refractivity contribution is -0.146. The second-order valence-corrected chi connectivity index (χ2v) is 3.81. The second-order valence-electron chi connectivity index (χ2n) is 3.81. The number of fused-ring (bicyclic) bond motifs is 1. The summed E-state index contributed by atoms with van der Waals surface area (Å²) in [5.41, 5.74) is 1.93. The topological polar surface area (TPSA) is 70.7 Å². The average molecular weight is 220 g/mol. The smallest absolute Gasteiger partial charge is 0.337 e. The molecule has 0 spiro atoms. The van der Waals surface area contributed by atoms with Crippen molar-refractivity contribution in [2.24, 2.45) is 0 Å². The Morgan fingerprint density at radius 1 is 1.38 bits per heavy atom. The van der Waals surface area contributed by atoms with E-state index in [0.29, 0.717) is 22.3 Å². The van der Waals surface area contributed by atoms with E-state index in [0.717, 1.165) is 5.56 Å². The number of hydrogen-bond acceptors (Lipinski definition) is 3. The Kier molecular flexibility index (Phi) is 2.44. The summed E-state index contributed by atoms with van der Waals surface area (Å²) in [6.07, 6.45) is -1.54. The fourth-order valence-corrected chi connectivity index (χ4v) is 1.82. The van der Waals surface area contributed by atoms with Crippen LogP contribution in [0.25, 0.3) is 11.0 Å². The van der Waals surface area contributed by atoms with E-state index in [9.17, 15) is 9.90 Å². The first kappa shape index (κ1) is 10.7. The fraction of sp³-hybridized carbons (Fsp3) is 0.250. The predicted octanol–water partition coefficient (Wildman–Crippen LogP) is 2.17. The van der Waals surface area contributed by atoms with Gasteiger partial charge in [0.05, 0.1) is 0 Å². The summed E-state index contributed by atoms with van der Waals surface area (Å²) in [7, 11) is 0. The Hall–Kier alpha value is -1.81. The van der Waals surface area contributed by atoms with E-state index in [1.165, 1.54) is 0 Å². The number of carboxylic acid groups (broad SMARTS) is 1. The molecule has 84 valence electrons. The predicted molar refractivity (Wildman–Crippen MR) is 58.3 cm³/mol. The van der Waals surface area contributed by atoms with Gasteiger partial charge in [0.1, 0.15) is 11.3 Å². The molecule has 1 aromatic heterocycles. The Morgan fingerprint density at radius 3 is 2.69 bits per heavy atom. The standard InChI is InChI=1S/C12H12O4/c1-6-3-4-9-8(5-6)10(7(2)16-9)11(13)12(14)15/h3-5,11,13H,1-2H3,(H,14,15). The summed E-state index contributed by atoms with van der Waals surface area (Å²) < 4.78 is 5.40. The van der Waals surface area contributed by atoms with Crippen molar-refractivity contribution in [3.05, 3.63) is 35.1 Å². The third-order valence-electron chi connectivity index (χ3n) is 2.57. The summed E-state index contributed by atoms with van der Waals surface area (Å²) in [6, 6.07) is 5.46. The Labute approximate surface area is 92.1 Å². The quantitative estimate of drug-likeness (QED) is 0.813. The molecule has 0 aliphatic carbocycles. The lowest BCUT2D eigenvalue weighted by Crippen LogP contribution is -2.10. The summed E-state index contributed by atoms with van der Waals surface area (Å²) in [4.78, 5) is 10.8. The van der Waals surface area contributed by atoms with Crippen LogP contribution in [0.2, 0.25) is 0 Å². The van der Waals surface area contributed by atoms with Crippen molar-refractivity contribution in [3.8, 4) is 0 Å². The van der Waals surface area contributed by atoms with E-state index in [2.05, 4.69) is 0 Å². The number of benzene rings is 1. The van der Waals surface area contributed by atoms with Gasteiger partial charge in [-0.15, -0.1) is 0 Å². The monoisotopic (exact) mass is 220 g/mol. The van der Waals surface area contributed by atoms with Gasteiger partial charge < -0.3 is 14.6 Å². The van der Waals surface area contributed by atoms with Gasteiger partial charge in [-0.1, -0.05) is 11.6 Å². The molecule has 2 rings (SSSR count). The highest BCUT2D eigenvalue weighted by atomic mass is 16.4. The van der Waals surface area contributed by atoms with E-state index in [1.54, 1.807) is 13.0 Å². The zero-order chi connectivity index (χ0) is 11.9. The molecule has 1 heterocycles. The summed E-state index contributed by atoms with van der Waals surface area (Å²) in [5, 5.41) is 19.1. The molecule has 0 fully saturated rings. The Balaban J connectivity index is 2.72. The largest absolute Gasteiger partial charge is 0.479 e. The number of aryl methyl sites for hydroxylation is 2.